The Hall–Kier alpha value is -0.880. The summed E-state index contributed by atoms with van der Waals surface area (Å²) in [5.74, 6) is 0. The lowest BCUT2D eigenvalue weighted by Gasteiger charge is -2.35. The number of carbonyl (C=O) groups excluding carboxylic acids is 1. The Morgan fingerprint density at radius 1 is 1.58 bits per heavy atom. The normalized spacial score (nSPS) is 20.2. The summed E-state index contributed by atoms with van der Waals surface area (Å²) in [6, 6.07) is 2.04. The molecule has 0 spiro atoms. The molecule has 3 heteroatoms. The molecule has 0 aromatic rings. The number of hydrogen-bond donors (Lipinski definition) is 1. The highest BCUT2D eigenvalue weighted by Gasteiger charge is 2.41. The lowest BCUT2D eigenvalue weighted by atomic mass is 9.72. The second-order valence-electron chi connectivity index (χ2n) is 3.44. The lowest BCUT2D eigenvalue weighted by Crippen LogP contribution is -2.42. The Morgan fingerprint density at radius 2 is 2.08 bits per heavy atom. The maximum Gasteiger partial charge on any atom is 0.122 e. The van der Waals surface area contributed by atoms with E-state index in [0.717, 1.165) is 0 Å². The average molecular weight is 169 g/mol. The molecule has 0 saturated heterocycles. The molecule has 3 nitrogen and oxygen atoms in total. The number of nitrogens with zero attached hydrogens (tertiary/aromatic N) is 1. The molecule has 12 heavy (non-hydrogen) atoms. The molecular formula is C9H15NO2. The fourth-order valence-corrected chi connectivity index (χ4v) is 0.968. The highest BCUT2D eigenvalue weighted by Crippen LogP contribution is 2.35. The number of hydrogen-bond acceptors (Lipinski definition) is 3. The van der Waals surface area contributed by atoms with Crippen LogP contribution in [0.2, 0.25) is 0 Å². The predicted octanol–water partition coefficient (Wildman–Crippen LogP) is 1.27. The van der Waals surface area contributed by atoms with Crippen molar-refractivity contribution in [2.24, 2.45) is 5.41 Å². The molecular weight excluding hydrogens is 154 g/mol. The molecule has 0 heterocycles. The first kappa shape index (κ1) is 11.1. The van der Waals surface area contributed by atoms with Gasteiger partial charge in [0.1, 0.15) is 6.29 Å². The Kier molecular flexibility index (Phi) is 3.41. The highest BCUT2D eigenvalue weighted by molar-refractivity contribution is 5.52. The van der Waals surface area contributed by atoms with Crippen molar-refractivity contribution in [3.05, 3.63) is 0 Å². The molecule has 0 rings (SSSR count). The van der Waals surface area contributed by atoms with Crippen molar-refractivity contribution in [1.29, 1.82) is 5.26 Å². The van der Waals surface area contributed by atoms with Crippen molar-refractivity contribution in [2.75, 3.05) is 0 Å². The Bertz CT molecular complexity index is 205. The molecule has 2 atom stereocenters. The summed E-state index contributed by atoms with van der Waals surface area (Å²) >= 11 is 0. The van der Waals surface area contributed by atoms with E-state index in [1.54, 1.807) is 6.92 Å². The largest absolute Gasteiger partial charge is 0.388 e. The molecule has 0 aliphatic rings. The number of aliphatic hydroxyl groups is 1. The molecule has 0 saturated carbocycles. The van der Waals surface area contributed by atoms with E-state index in [0.29, 0.717) is 12.7 Å². The molecule has 0 aliphatic carbocycles. The third kappa shape index (κ3) is 1.83. The molecule has 0 fully saturated rings. The number of nitriles is 1. The van der Waals surface area contributed by atoms with E-state index < -0.39 is 11.0 Å². The number of carbonyl (C=O) groups is 1. The zero-order chi connectivity index (χ0) is 9.83. The van der Waals surface area contributed by atoms with Gasteiger partial charge in [0.25, 0.3) is 0 Å². The van der Waals surface area contributed by atoms with Gasteiger partial charge in [-0.05, 0) is 20.3 Å². The zero-order valence-electron chi connectivity index (χ0n) is 7.79. The molecule has 0 aromatic carbocycles. The fraction of sp³-hybridized carbons (Fsp3) is 0.778. The fourth-order valence-electron chi connectivity index (χ4n) is 0.968. The van der Waals surface area contributed by atoms with Gasteiger partial charge in [0.2, 0.25) is 0 Å². The SMILES string of the molecule is CCC(C)(C#N)C(C)(O)CC=O. The highest BCUT2D eigenvalue weighted by atomic mass is 16.3. The van der Waals surface area contributed by atoms with Crippen molar-refractivity contribution in [1.82, 2.24) is 0 Å². The summed E-state index contributed by atoms with van der Waals surface area (Å²) in [6.07, 6.45) is 1.18. The van der Waals surface area contributed by atoms with Gasteiger partial charge in [-0.25, -0.2) is 0 Å². The molecule has 0 amide bonds. The average Bonchev–Trinajstić information content (AvgIpc) is 2.02. The van der Waals surface area contributed by atoms with E-state index in [-0.39, 0.29) is 6.42 Å². The standard InChI is InChI=1S/C9H15NO2/c1-4-8(2,7-10)9(3,12)5-6-11/h6,12H,4-5H2,1-3H3. The Morgan fingerprint density at radius 3 is 2.33 bits per heavy atom. The van der Waals surface area contributed by atoms with Gasteiger partial charge < -0.3 is 9.90 Å². The quantitative estimate of drug-likeness (QED) is 0.644. The summed E-state index contributed by atoms with van der Waals surface area (Å²) in [6.45, 7) is 5.01. The third-order valence-electron chi connectivity index (χ3n) is 2.62. The molecule has 0 bridgehead atoms. The van der Waals surface area contributed by atoms with E-state index >= 15 is 0 Å². The smallest absolute Gasteiger partial charge is 0.122 e. The van der Waals surface area contributed by atoms with Crippen molar-refractivity contribution in [3.63, 3.8) is 0 Å². The van der Waals surface area contributed by atoms with Gasteiger partial charge in [-0.15, -0.1) is 0 Å². The maximum absolute atomic E-state index is 10.2. The second-order valence-corrected chi connectivity index (χ2v) is 3.44. The minimum absolute atomic E-state index is 0.00486. The minimum Gasteiger partial charge on any atom is -0.388 e. The first-order chi connectivity index (χ1) is 5.43. The van der Waals surface area contributed by atoms with Crippen molar-refractivity contribution in [2.45, 2.75) is 39.2 Å². The molecule has 68 valence electrons. The maximum atomic E-state index is 10.2. The first-order valence-electron chi connectivity index (χ1n) is 4.01. The van der Waals surface area contributed by atoms with Crippen molar-refractivity contribution in [3.8, 4) is 6.07 Å². The van der Waals surface area contributed by atoms with E-state index in [2.05, 4.69) is 0 Å². The van der Waals surface area contributed by atoms with E-state index in [9.17, 15) is 9.90 Å². The van der Waals surface area contributed by atoms with Crippen LogP contribution >= 0.6 is 0 Å². The molecule has 0 radical (unpaired) electrons. The van der Waals surface area contributed by atoms with E-state index in [1.165, 1.54) is 6.92 Å². The Balaban J connectivity index is 4.72. The monoisotopic (exact) mass is 169 g/mol. The summed E-state index contributed by atoms with van der Waals surface area (Å²) in [5, 5.41) is 18.6. The lowest BCUT2D eigenvalue weighted by molar-refractivity contribution is -0.116. The van der Waals surface area contributed by atoms with Gasteiger partial charge in [-0.3, -0.25) is 0 Å². The van der Waals surface area contributed by atoms with Gasteiger partial charge in [0.05, 0.1) is 17.1 Å². The predicted molar refractivity (Wildman–Crippen MR) is 45.3 cm³/mol. The summed E-state index contributed by atoms with van der Waals surface area (Å²) in [5.41, 5.74) is -2.06. The molecule has 0 aliphatic heterocycles. The van der Waals surface area contributed by atoms with Crippen molar-refractivity contribution < 1.29 is 9.90 Å². The van der Waals surface area contributed by atoms with Crippen LogP contribution in [0.25, 0.3) is 0 Å². The van der Waals surface area contributed by atoms with Crippen LogP contribution in [0.5, 0.6) is 0 Å². The second kappa shape index (κ2) is 3.68. The summed E-state index contributed by atoms with van der Waals surface area (Å²) in [7, 11) is 0. The van der Waals surface area contributed by atoms with Gasteiger partial charge in [0.15, 0.2) is 0 Å². The Labute approximate surface area is 73.0 Å². The van der Waals surface area contributed by atoms with Gasteiger partial charge >= 0.3 is 0 Å². The first-order valence-corrected chi connectivity index (χ1v) is 4.01. The third-order valence-corrected chi connectivity index (χ3v) is 2.62. The van der Waals surface area contributed by atoms with Crippen molar-refractivity contribution >= 4 is 6.29 Å². The minimum atomic E-state index is -1.22. The number of rotatable bonds is 4. The van der Waals surface area contributed by atoms with Gasteiger partial charge in [-0.1, -0.05) is 6.92 Å². The van der Waals surface area contributed by atoms with Crippen LogP contribution in [0.15, 0.2) is 0 Å². The topological polar surface area (TPSA) is 61.1 Å². The van der Waals surface area contributed by atoms with Gasteiger partial charge in [0, 0.05) is 6.42 Å². The zero-order valence-corrected chi connectivity index (χ0v) is 7.79. The summed E-state index contributed by atoms with van der Waals surface area (Å²) < 4.78 is 0. The van der Waals surface area contributed by atoms with Crippen LogP contribution < -0.4 is 0 Å². The van der Waals surface area contributed by atoms with Crippen LogP contribution in [0.1, 0.15) is 33.6 Å². The van der Waals surface area contributed by atoms with Crippen LogP contribution in [-0.2, 0) is 4.79 Å². The molecule has 0 aromatic heterocycles. The molecule has 1 N–H and O–H groups in total. The molecule has 2 unspecified atom stereocenters. The van der Waals surface area contributed by atoms with E-state index in [4.69, 9.17) is 5.26 Å². The summed E-state index contributed by atoms with van der Waals surface area (Å²) in [4.78, 5) is 10.2. The van der Waals surface area contributed by atoms with Crippen LogP contribution in [0.4, 0.5) is 0 Å². The van der Waals surface area contributed by atoms with E-state index in [1.807, 2.05) is 13.0 Å². The van der Waals surface area contributed by atoms with Crippen LogP contribution in [-0.4, -0.2) is 17.0 Å². The van der Waals surface area contributed by atoms with Gasteiger partial charge in [-0.2, -0.15) is 5.26 Å². The number of aldehydes is 1. The van der Waals surface area contributed by atoms with Crippen LogP contribution in [0.3, 0.4) is 0 Å². The van der Waals surface area contributed by atoms with Crippen LogP contribution in [0, 0.1) is 16.7 Å².